The van der Waals surface area contributed by atoms with Crippen molar-refractivity contribution in [2.75, 3.05) is 7.11 Å². The Labute approximate surface area is 154 Å². The minimum atomic E-state index is -0.278. The number of benzene rings is 1. The van der Waals surface area contributed by atoms with Crippen LogP contribution in [0.4, 0.5) is 0 Å². The number of carbonyl (C=O) groups is 1. The molecule has 0 radical (unpaired) electrons. The van der Waals surface area contributed by atoms with E-state index in [9.17, 15) is 4.79 Å². The molecule has 0 bridgehead atoms. The van der Waals surface area contributed by atoms with E-state index >= 15 is 0 Å². The number of hydrogen-bond acceptors (Lipinski definition) is 6. The zero-order chi connectivity index (χ0) is 17.6. The van der Waals surface area contributed by atoms with Gasteiger partial charge in [-0.3, -0.25) is 9.89 Å². The lowest BCUT2D eigenvalue weighted by atomic mass is 10.2. The van der Waals surface area contributed by atoms with Gasteiger partial charge in [-0.1, -0.05) is 17.8 Å². The molecule has 2 heterocycles. The largest absolute Gasteiger partial charge is 0.497 e. The summed E-state index contributed by atoms with van der Waals surface area (Å²) in [6, 6.07) is 11.5. The Morgan fingerprint density at radius 3 is 2.84 bits per heavy atom. The summed E-state index contributed by atoms with van der Waals surface area (Å²) in [5.41, 5.74) is 0.912. The lowest BCUT2D eigenvalue weighted by Crippen LogP contribution is -2.30. The van der Waals surface area contributed by atoms with Crippen molar-refractivity contribution in [2.24, 2.45) is 0 Å². The van der Waals surface area contributed by atoms with Crippen molar-refractivity contribution < 1.29 is 9.53 Å². The molecule has 25 heavy (non-hydrogen) atoms. The molecule has 0 unspecified atom stereocenters. The summed E-state index contributed by atoms with van der Waals surface area (Å²) in [5, 5.41) is 12.3. The smallest absolute Gasteiger partial charge is 0.233 e. The first-order valence-corrected chi connectivity index (χ1v) is 9.45. The van der Waals surface area contributed by atoms with Gasteiger partial charge in [0.05, 0.1) is 18.9 Å². The first-order chi connectivity index (χ1) is 12.2. The minimum absolute atomic E-state index is 0.0332. The zero-order valence-corrected chi connectivity index (χ0v) is 15.5. The molecule has 2 aromatic heterocycles. The molecule has 1 amide bonds. The van der Waals surface area contributed by atoms with Gasteiger partial charge in [0, 0.05) is 10.4 Å². The van der Waals surface area contributed by atoms with Gasteiger partial charge in [0.25, 0.3) is 0 Å². The second-order valence-corrected chi connectivity index (χ2v) is 7.59. The maximum absolute atomic E-state index is 12.2. The number of aromatic nitrogens is 3. The molecule has 1 aromatic carbocycles. The fraction of sp³-hybridized carbons (Fsp3) is 0.235. The number of carbonyl (C=O) groups excluding carboxylic acids is 1. The van der Waals surface area contributed by atoms with E-state index in [0.29, 0.717) is 17.5 Å². The Balaban J connectivity index is 1.57. The van der Waals surface area contributed by atoms with Crippen molar-refractivity contribution >= 4 is 29.0 Å². The number of aromatic amines is 1. The molecule has 0 aliphatic heterocycles. The number of nitrogens with zero attached hydrogens (tertiary/aromatic N) is 2. The van der Waals surface area contributed by atoms with Crippen LogP contribution in [0.2, 0.25) is 0 Å². The van der Waals surface area contributed by atoms with Crippen LogP contribution in [-0.4, -0.2) is 33.4 Å². The van der Waals surface area contributed by atoms with Crippen LogP contribution in [0.15, 0.2) is 46.9 Å². The quantitative estimate of drug-likeness (QED) is 0.620. The lowest BCUT2D eigenvalue weighted by molar-refractivity contribution is -0.120. The summed E-state index contributed by atoms with van der Waals surface area (Å²) < 4.78 is 5.14. The molecule has 0 saturated heterocycles. The van der Waals surface area contributed by atoms with Gasteiger partial charge in [0.2, 0.25) is 11.1 Å². The van der Waals surface area contributed by atoms with Crippen LogP contribution in [0.5, 0.6) is 5.75 Å². The fourth-order valence-corrected chi connectivity index (χ4v) is 3.51. The van der Waals surface area contributed by atoms with E-state index in [4.69, 9.17) is 4.74 Å². The van der Waals surface area contributed by atoms with E-state index in [1.807, 2.05) is 48.7 Å². The van der Waals surface area contributed by atoms with Crippen LogP contribution in [0.25, 0.3) is 11.4 Å². The van der Waals surface area contributed by atoms with Crippen LogP contribution in [0, 0.1) is 0 Å². The first kappa shape index (κ1) is 17.5. The van der Waals surface area contributed by atoms with Gasteiger partial charge in [0.1, 0.15) is 5.75 Å². The average Bonchev–Trinajstić information content (AvgIpc) is 3.31. The molecule has 0 fully saturated rings. The molecular formula is C17H18N4O2S2. The maximum atomic E-state index is 12.2. The number of thioether (sulfide) groups is 1. The molecule has 3 rings (SSSR count). The highest BCUT2D eigenvalue weighted by Crippen LogP contribution is 2.24. The van der Waals surface area contributed by atoms with Gasteiger partial charge in [0.15, 0.2) is 5.82 Å². The summed E-state index contributed by atoms with van der Waals surface area (Å²) in [7, 11) is 1.63. The Kier molecular flexibility index (Phi) is 5.72. The van der Waals surface area contributed by atoms with Gasteiger partial charge in [-0.05, 0) is 42.6 Å². The summed E-state index contributed by atoms with van der Waals surface area (Å²) >= 11 is 2.95. The zero-order valence-electron chi connectivity index (χ0n) is 13.9. The summed E-state index contributed by atoms with van der Waals surface area (Å²) in [5.74, 6) is 1.42. The van der Waals surface area contributed by atoms with Crippen molar-refractivity contribution in [3.8, 4) is 17.1 Å². The summed E-state index contributed by atoms with van der Waals surface area (Å²) in [6.07, 6.45) is 0. The van der Waals surface area contributed by atoms with Crippen LogP contribution in [0.1, 0.15) is 11.8 Å². The third kappa shape index (κ3) is 4.61. The van der Waals surface area contributed by atoms with Crippen LogP contribution < -0.4 is 10.1 Å². The fourth-order valence-electron chi connectivity index (χ4n) is 2.12. The van der Waals surface area contributed by atoms with Crippen molar-refractivity contribution in [1.82, 2.24) is 20.5 Å². The topological polar surface area (TPSA) is 79.9 Å². The van der Waals surface area contributed by atoms with E-state index in [0.717, 1.165) is 16.2 Å². The molecule has 8 heteroatoms. The molecule has 6 nitrogen and oxygen atoms in total. The molecule has 0 aliphatic carbocycles. The number of H-pyrrole nitrogens is 1. The standard InChI is InChI=1S/C17H18N4O2S2/c1-11(16(22)18-10-14-4-3-9-24-14)25-17-19-15(20-21-17)12-5-7-13(23-2)8-6-12/h3-9,11H,10H2,1-2H3,(H,18,22)(H,19,20,21)/t11-/m0/s1. The van der Waals surface area contributed by atoms with Gasteiger partial charge in [-0.25, -0.2) is 4.98 Å². The van der Waals surface area contributed by atoms with Gasteiger partial charge >= 0.3 is 0 Å². The highest BCUT2D eigenvalue weighted by atomic mass is 32.2. The normalized spacial score (nSPS) is 11.9. The van der Waals surface area contributed by atoms with Crippen LogP contribution in [0.3, 0.4) is 0 Å². The first-order valence-electron chi connectivity index (χ1n) is 7.69. The van der Waals surface area contributed by atoms with E-state index in [1.54, 1.807) is 18.4 Å². The van der Waals surface area contributed by atoms with Crippen molar-refractivity contribution in [1.29, 1.82) is 0 Å². The molecule has 130 valence electrons. The highest BCUT2D eigenvalue weighted by Gasteiger charge is 2.17. The van der Waals surface area contributed by atoms with Crippen LogP contribution in [-0.2, 0) is 11.3 Å². The lowest BCUT2D eigenvalue weighted by Gasteiger charge is -2.09. The van der Waals surface area contributed by atoms with E-state index < -0.39 is 0 Å². The number of hydrogen-bond donors (Lipinski definition) is 2. The van der Waals surface area contributed by atoms with E-state index in [-0.39, 0.29) is 11.2 Å². The second kappa shape index (κ2) is 8.17. The van der Waals surface area contributed by atoms with Crippen molar-refractivity contribution in [3.05, 3.63) is 46.7 Å². The van der Waals surface area contributed by atoms with Crippen LogP contribution >= 0.6 is 23.1 Å². The molecule has 2 N–H and O–H groups in total. The predicted octanol–water partition coefficient (Wildman–Crippen LogP) is 3.34. The number of rotatable bonds is 7. The Hall–Kier alpha value is -2.32. The van der Waals surface area contributed by atoms with Gasteiger partial charge in [-0.2, -0.15) is 0 Å². The van der Waals surface area contributed by atoms with E-state index in [1.165, 1.54) is 11.8 Å². The number of nitrogens with one attached hydrogen (secondary N) is 2. The Morgan fingerprint density at radius 2 is 2.16 bits per heavy atom. The third-order valence-electron chi connectivity index (χ3n) is 3.50. The Morgan fingerprint density at radius 1 is 1.36 bits per heavy atom. The minimum Gasteiger partial charge on any atom is -0.497 e. The average molecular weight is 374 g/mol. The third-order valence-corrected chi connectivity index (χ3v) is 5.33. The molecule has 0 aliphatic rings. The molecule has 0 saturated carbocycles. The Bertz CT molecular complexity index is 816. The second-order valence-electron chi connectivity index (χ2n) is 5.25. The monoisotopic (exact) mass is 374 g/mol. The maximum Gasteiger partial charge on any atom is 0.233 e. The van der Waals surface area contributed by atoms with Crippen molar-refractivity contribution in [3.63, 3.8) is 0 Å². The predicted molar refractivity (Wildman–Crippen MR) is 99.9 cm³/mol. The van der Waals surface area contributed by atoms with Gasteiger partial charge < -0.3 is 10.1 Å². The molecule has 0 spiro atoms. The SMILES string of the molecule is COc1ccc(-c2nc(S[C@@H](C)C(=O)NCc3cccs3)n[nH]2)cc1. The summed E-state index contributed by atoms with van der Waals surface area (Å²) in [6.45, 7) is 2.39. The number of methoxy groups -OCH3 is 1. The molecular weight excluding hydrogens is 356 g/mol. The number of thiophene rings is 1. The van der Waals surface area contributed by atoms with Gasteiger partial charge in [-0.15, -0.1) is 16.4 Å². The number of amides is 1. The number of ether oxygens (including phenoxy) is 1. The summed E-state index contributed by atoms with van der Waals surface area (Å²) in [4.78, 5) is 17.8. The molecule has 1 atom stereocenters. The molecule has 3 aromatic rings. The van der Waals surface area contributed by atoms with E-state index in [2.05, 4.69) is 20.5 Å². The highest BCUT2D eigenvalue weighted by molar-refractivity contribution is 8.00. The van der Waals surface area contributed by atoms with Crippen molar-refractivity contribution in [2.45, 2.75) is 23.9 Å².